The molecule has 2 aromatic rings. The van der Waals surface area contributed by atoms with Crippen LogP contribution in [0.15, 0.2) is 66.4 Å². The predicted molar refractivity (Wildman–Crippen MR) is 103 cm³/mol. The summed E-state index contributed by atoms with van der Waals surface area (Å²) in [5.41, 5.74) is 7.16. The summed E-state index contributed by atoms with van der Waals surface area (Å²) in [5.74, 6) is 0.0673. The molecule has 2 heteroatoms. The van der Waals surface area contributed by atoms with Crippen molar-refractivity contribution in [1.82, 2.24) is 4.90 Å². The van der Waals surface area contributed by atoms with Gasteiger partial charge in [0.05, 0.1) is 0 Å². The Balaban J connectivity index is 1.66. The van der Waals surface area contributed by atoms with Crippen molar-refractivity contribution in [3.05, 3.63) is 88.6 Å². The third-order valence-corrected chi connectivity index (χ3v) is 5.20. The van der Waals surface area contributed by atoms with Crippen LogP contribution in [0.25, 0.3) is 5.57 Å². The maximum Gasteiger partial charge on any atom is 0.185 e. The van der Waals surface area contributed by atoms with E-state index in [4.69, 9.17) is 0 Å². The van der Waals surface area contributed by atoms with Crippen LogP contribution in [0, 0.1) is 6.92 Å². The molecule has 0 atom stereocenters. The van der Waals surface area contributed by atoms with Gasteiger partial charge in [-0.2, -0.15) is 0 Å². The van der Waals surface area contributed by atoms with Crippen LogP contribution in [0.4, 0.5) is 0 Å². The topological polar surface area (TPSA) is 20.3 Å². The molecule has 0 spiro atoms. The number of fused-ring (bicyclic) bond motifs is 1. The molecule has 2 nitrogen and oxygen atoms in total. The lowest BCUT2D eigenvalue weighted by Crippen LogP contribution is -2.19. The molecular weight excluding hydrogens is 306 g/mol. The zero-order chi connectivity index (χ0) is 17.2. The van der Waals surface area contributed by atoms with Gasteiger partial charge in [-0.3, -0.25) is 4.79 Å². The van der Waals surface area contributed by atoms with E-state index in [0.717, 1.165) is 25.1 Å². The van der Waals surface area contributed by atoms with E-state index in [1.165, 1.54) is 40.8 Å². The van der Waals surface area contributed by atoms with Gasteiger partial charge in [0, 0.05) is 36.3 Å². The lowest BCUT2D eigenvalue weighted by Gasteiger charge is -2.20. The Morgan fingerprint density at radius 3 is 2.48 bits per heavy atom. The van der Waals surface area contributed by atoms with Crippen LogP contribution in [0.5, 0.6) is 0 Å². The summed E-state index contributed by atoms with van der Waals surface area (Å²) < 4.78 is 0. The van der Waals surface area contributed by atoms with Gasteiger partial charge in [-0.05, 0) is 43.0 Å². The third-order valence-electron chi connectivity index (χ3n) is 5.20. The molecule has 4 rings (SSSR count). The van der Waals surface area contributed by atoms with Crippen molar-refractivity contribution in [1.29, 1.82) is 0 Å². The van der Waals surface area contributed by atoms with Gasteiger partial charge in [-0.25, -0.2) is 0 Å². The highest BCUT2D eigenvalue weighted by Crippen LogP contribution is 2.36. The first-order valence-corrected chi connectivity index (χ1v) is 9.08. The molecule has 0 radical (unpaired) electrons. The van der Waals surface area contributed by atoms with Gasteiger partial charge in [0.2, 0.25) is 0 Å². The third kappa shape index (κ3) is 3.17. The van der Waals surface area contributed by atoms with Gasteiger partial charge < -0.3 is 4.90 Å². The summed E-state index contributed by atoms with van der Waals surface area (Å²) >= 11 is 0. The number of ketones is 1. The molecule has 0 aromatic heterocycles. The fourth-order valence-corrected chi connectivity index (χ4v) is 3.80. The van der Waals surface area contributed by atoms with Crippen LogP contribution in [0.2, 0.25) is 0 Å². The smallest absolute Gasteiger partial charge is 0.185 e. The van der Waals surface area contributed by atoms with E-state index < -0.39 is 0 Å². The first-order valence-electron chi connectivity index (χ1n) is 9.08. The Kier molecular flexibility index (Phi) is 4.27. The number of carbonyl (C=O) groups is 1. The second kappa shape index (κ2) is 6.72. The average molecular weight is 329 g/mol. The molecule has 126 valence electrons. The molecule has 0 N–H and O–H groups in total. The molecule has 2 aromatic carbocycles. The van der Waals surface area contributed by atoms with Gasteiger partial charge in [0.1, 0.15) is 0 Å². The first-order chi connectivity index (χ1) is 12.2. The summed E-state index contributed by atoms with van der Waals surface area (Å²) in [7, 11) is 0. The van der Waals surface area contributed by atoms with E-state index in [1.807, 2.05) is 37.3 Å². The maximum atomic E-state index is 12.5. The molecule has 25 heavy (non-hydrogen) atoms. The Labute approximate surface area is 149 Å². The van der Waals surface area contributed by atoms with Crippen molar-refractivity contribution in [3.8, 4) is 0 Å². The van der Waals surface area contributed by atoms with E-state index >= 15 is 0 Å². The first kappa shape index (κ1) is 15.9. The normalized spacial score (nSPS) is 16.8. The number of hydrogen-bond donors (Lipinski definition) is 0. The standard InChI is InChI=1S/C23H23NO/c1-17-8-10-18(11-9-17)23(25)13-12-21-20-7-3-2-6-19(20)16-22(21)24-14-4-5-15-24/h2-3,6-13H,4-5,14-16H2,1H3/b13-12+. The van der Waals surface area contributed by atoms with E-state index in [0.29, 0.717) is 0 Å². The summed E-state index contributed by atoms with van der Waals surface area (Å²) in [5, 5.41) is 0. The summed E-state index contributed by atoms with van der Waals surface area (Å²) in [4.78, 5) is 15.0. The van der Waals surface area contributed by atoms with Crippen LogP contribution in [0.3, 0.4) is 0 Å². The molecule has 1 aliphatic heterocycles. The van der Waals surface area contributed by atoms with Gasteiger partial charge in [0.25, 0.3) is 0 Å². The van der Waals surface area contributed by atoms with Crippen molar-refractivity contribution in [3.63, 3.8) is 0 Å². The Bertz CT molecular complexity index is 852. The van der Waals surface area contributed by atoms with Crippen LogP contribution >= 0.6 is 0 Å². The highest BCUT2D eigenvalue weighted by Gasteiger charge is 2.25. The van der Waals surface area contributed by atoms with Gasteiger partial charge in [-0.15, -0.1) is 0 Å². The Hall–Kier alpha value is -2.61. The fourth-order valence-electron chi connectivity index (χ4n) is 3.80. The minimum Gasteiger partial charge on any atom is -0.374 e. The molecule has 1 saturated heterocycles. The second-order valence-corrected chi connectivity index (χ2v) is 6.95. The number of rotatable bonds is 4. The van der Waals surface area contributed by atoms with Crippen molar-refractivity contribution in [2.75, 3.05) is 13.1 Å². The van der Waals surface area contributed by atoms with E-state index in [-0.39, 0.29) is 5.78 Å². The molecule has 1 fully saturated rings. The zero-order valence-corrected chi connectivity index (χ0v) is 14.7. The number of aryl methyl sites for hydroxylation is 1. The maximum absolute atomic E-state index is 12.5. The van der Waals surface area contributed by atoms with Crippen LogP contribution in [-0.2, 0) is 6.42 Å². The minimum absolute atomic E-state index is 0.0673. The lowest BCUT2D eigenvalue weighted by molar-refractivity contribution is 0.104. The second-order valence-electron chi connectivity index (χ2n) is 6.95. The summed E-state index contributed by atoms with van der Waals surface area (Å²) in [6, 6.07) is 16.3. The zero-order valence-electron chi connectivity index (χ0n) is 14.7. The number of likely N-dealkylation sites (tertiary alicyclic amines) is 1. The van der Waals surface area contributed by atoms with Crippen LogP contribution in [-0.4, -0.2) is 23.8 Å². The number of nitrogens with zero attached hydrogens (tertiary/aromatic N) is 1. The predicted octanol–water partition coefficient (Wildman–Crippen LogP) is 4.80. The molecule has 0 amide bonds. The highest BCUT2D eigenvalue weighted by molar-refractivity contribution is 6.06. The van der Waals surface area contributed by atoms with Gasteiger partial charge >= 0.3 is 0 Å². The van der Waals surface area contributed by atoms with Gasteiger partial charge in [0.15, 0.2) is 5.78 Å². The molecule has 0 unspecified atom stereocenters. The van der Waals surface area contributed by atoms with Gasteiger partial charge in [-0.1, -0.05) is 54.1 Å². The molecular formula is C23H23NO. The van der Waals surface area contributed by atoms with E-state index in [2.05, 4.69) is 29.2 Å². The summed E-state index contributed by atoms with van der Waals surface area (Å²) in [6.45, 7) is 4.30. The van der Waals surface area contributed by atoms with E-state index in [1.54, 1.807) is 6.08 Å². The van der Waals surface area contributed by atoms with Crippen molar-refractivity contribution in [2.45, 2.75) is 26.2 Å². The molecule has 0 bridgehead atoms. The lowest BCUT2D eigenvalue weighted by atomic mass is 10.0. The SMILES string of the molecule is Cc1ccc(C(=O)/C=C/C2=C(N3CCCC3)Cc3ccccc32)cc1. The molecule has 2 aliphatic rings. The number of benzene rings is 2. The van der Waals surface area contributed by atoms with Crippen LogP contribution in [0.1, 0.15) is 39.9 Å². The number of carbonyl (C=O) groups excluding carboxylic acids is 1. The summed E-state index contributed by atoms with van der Waals surface area (Å²) in [6.07, 6.45) is 7.27. The van der Waals surface area contributed by atoms with Crippen LogP contribution < -0.4 is 0 Å². The fraction of sp³-hybridized carbons (Fsp3) is 0.261. The molecule has 0 saturated carbocycles. The Morgan fingerprint density at radius 2 is 1.72 bits per heavy atom. The minimum atomic E-state index is 0.0673. The number of allylic oxidation sites excluding steroid dienone is 4. The number of hydrogen-bond acceptors (Lipinski definition) is 2. The monoisotopic (exact) mass is 329 g/mol. The quantitative estimate of drug-likeness (QED) is 0.593. The van der Waals surface area contributed by atoms with Crippen molar-refractivity contribution < 1.29 is 4.79 Å². The molecule has 1 heterocycles. The van der Waals surface area contributed by atoms with E-state index in [9.17, 15) is 4.79 Å². The average Bonchev–Trinajstić information content (AvgIpc) is 3.28. The largest absolute Gasteiger partial charge is 0.374 e. The highest BCUT2D eigenvalue weighted by atomic mass is 16.1. The van der Waals surface area contributed by atoms with Crippen molar-refractivity contribution >= 4 is 11.4 Å². The van der Waals surface area contributed by atoms with Crippen molar-refractivity contribution in [2.24, 2.45) is 0 Å². The molecule has 1 aliphatic carbocycles. The Morgan fingerprint density at radius 1 is 1.00 bits per heavy atom.